The molecule has 1 aromatic rings. The van der Waals surface area contributed by atoms with E-state index in [1.807, 2.05) is 18.2 Å². The van der Waals surface area contributed by atoms with Crippen LogP contribution in [0.1, 0.15) is 45.4 Å². The zero-order valence-electron chi connectivity index (χ0n) is 15.1. The average molecular weight is 346 g/mol. The van der Waals surface area contributed by atoms with Crippen LogP contribution in [0.2, 0.25) is 0 Å². The first kappa shape index (κ1) is 18.2. The molecule has 0 radical (unpaired) electrons. The van der Waals surface area contributed by atoms with Crippen molar-refractivity contribution in [1.82, 2.24) is 0 Å². The number of nitrogens with zero attached hydrogens (tertiary/aromatic N) is 1. The molecular formula is C20H30N2O3. The maximum absolute atomic E-state index is 12.4. The Morgan fingerprint density at radius 2 is 2.00 bits per heavy atom. The van der Waals surface area contributed by atoms with E-state index in [0.717, 1.165) is 56.6 Å². The quantitative estimate of drug-likeness (QED) is 0.830. The summed E-state index contributed by atoms with van der Waals surface area (Å²) < 4.78 is 5.79. The van der Waals surface area contributed by atoms with Crippen molar-refractivity contribution < 1.29 is 14.6 Å². The SMILES string of the molecule is C[C@@H]1CC[C@@H](CCC(=O)Nc2ccccc2N2CCC(CO)CC2)O1. The lowest BCUT2D eigenvalue weighted by Crippen LogP contribution is -2.35. The summed E-state index contributed by atoms with van der Waals surface area (Å²) in [5.41, 5.74) is 1.97. The van der Waals surface area contributed by atoms with E-state index in [2.05, 4.69) is 23.2 Å². The van der Waals surface area contributed by atoms with Crippen LogP contribution < -0.4 is 10.2 Å². The van der Waals surface area contributed by atoms with Gasteiger partial charge in [0.15, 0.2) is 0 Å². The van der Waals surface area contributed by atoms with Gasteiger partial charge in [0.2, 0.25) is 5.91 Å². The number of hydrogen-bond acceptors (Lipinski definition) is 4. The summed E-state index contributed by atoms with van der Waals surface area (Å²) >= 11 is 0. The van der Waals surface area contributed by atoms with Gasteiger partial charge in [-0.25, -0.2) is 0 Å². The summed E-state index contributed by atoms with van der Waals surface area (Å²) in [5.74, 6) is 0.465. The van der Waals surface area contributed by atoms with Crippen LogP contribution in [-0.2, 0) is 9.53 Å². The number of rotatable bonds is 6. The van der Waals surface area contributed by atoms with Gasteiger partial charge < -0.3 is 20.1 Å². The van der Waals surface area contributed by atoms with E-state index in [9.17, 15) is 9.90 Å². The maximum Gasteiger partial charge on any atom is 0.224 e. The van der Waals surface area contributed by atoms with E-state index < -0.39 is 0 Å². The summed E-state index contributed by atoms with van der Waals surface area (Å²) in [7, 11) is 0. The minimum absolute atomic E-state index is 0.0563. The van der Waals surface area contributed by atoms with Gasteiger partial charge in [-0.05, 0) is 57.1 Å². The third-order valence-corrected chi connectivity index (χ3v) is 5.40. The highest BCUT2D eigenvalue weighted by atomic mass is 16.5. The molecule has 0 saturated carbocycles. The molecule has 0 unspecified atom stereocenters. The van der Waals surface area contributed by atoms with Gasteiger partial charge in [-0.15, -0.1) is 0 Å². The number of aliphatic hydroxyl groups is 1. The lowest BCUT2D eigenvalue weighted by Gasteiger charge is -2.34. The fourth-order valence-corrected chi connectivity index (χ4v) is 3.81. The molecule has 3 rings (SSSR count). The summed E-state index contributed by atoms with van der Waals surface area (Å²) in [6, 6.07) is 8.01. The van der Waals surface area contributed by atoms with E-state index in [1.54, 1.807) is 0 Å². The molecule has 1 amide bonds. The van der Waals surface area contributed by atoms with Crippen molar-refractivity contribution in [2.24, 2.45) is 5.92 Å². The standard InChI is InChI=1S/C20H30N2O3/c1-15-6-7-17(25-15)8-9-20(24)21-18-4-2-3-5-19(18)22-12-10-16(14-23)11-13-22/h2-5,15-17,23H,6-14H2,1H3,(H,21,24)/t15-,17+/m1/s1. The minimum Gasteiger partial charge on any atom is -0.396 e. The number of piperidine rings is 1. The Balaban J connectivity index is 1.54. The van der Waals surface area contributed by atoms with Gasteiger partial charge in [0.25, 0.3) is 0 Å². The number of para-hydroxylation sites is 2. The molecule has 0 aliphatic carbocycles. The molecule has 5 nitrogen and oxygen atoms in total. The normalized spacial score (nSPS) is 24.5. The van der Waals surface area contributed by atoms with Crippen LogP contribution in [0.15, 0.2) is 24.3 Å². The van der Waals surface area contributed by atoms with Crippen molar-refractivity contribution in [1.29, 1.82) is 0 Å². The monoisotopic (exact) mass is 346 g/mol. The molecule has 5 heteroatoms. The van der Waals surface area contributed by atoms with Crippen LogP contribution in [0.25, 0.3) is 0 Å². The summed E-state index contributed by atoms with van der Waals surface area (Å²) in [6.45, 7) is 4.21. The highest BCUT2D eigenvalue weighted by molar-refractivity contribution is 5.94. The molecule has 2 aliphatic heterocycles. The van der Waals surface area contributed by atoms with Gasteiger partial charge in [0.05, 0.1) is 23.6 Å². The second-order valence-electron chi connectivity index (χ2n) is 7.36. The van der Waals surface area contributed by atoms with Gasteiger partial charge in [-0.3, -0.25) is 4.79 Å². The van der Waals surface area contributed by atoms with E-state index >= 15 is 0 Å². The van der Waals surface area contributed by atoms with Crippen LogP contribution in [-0.4, -0.2) is 42.9 Å². The van der Waals surface area contributed by atoms with Gasteiger partial charge in [-0.1, -0.05) is 12.1 Å². The van der Waals surface area contributed by atoms with E-state index in [4.69, 9.17) is 4.74 Å². The fraction of sp³-hybridized carbons (Fsp3) is 0.650. The zero-order valence-corrected chi connectivity index (χ0v) is 15.1. The van der Waals surface area contributed by atoms with Crippen molar-refractivity contribution in [3.63, 3.8) is 0 Å². The highest BCUT2D eigenvalue weighted by Crippen LogP contribution is 2.30. The third kappa shape index (κ3) is 4.95. The maximum atomic E-state index is 12.4. The lowest BCUT2D eigenvalue weighted by atomic mass is 9.97. The van der Waals surface area contributed by atoms with Crippen molar-refractivity contribution >= 4 is 17.3 Å². The van der Waals surface area contributed by atoms with Crippen molar-refractivity contribution in [3.8, 4) is 0 Å². The molecule has 0 spiro atoms. The van der Waals surface area contributed by atoms with Crippen LogP contribution in [0.4, 0.5) is 11.4 Å². The number of nitrogens with one attached hydrogen (secondary N) is 1. The van der Waals surface area contributed by atoms with Gasteiger partial charge in [0, 0.05) is 26.1 Å². The zero-order chi connectivity index (χ0) is 17.6. The van der Waals surface area contributed by atoms with Crippen LogP contribution in [0.3, 0.4) is 0 Å². The highest BCUT2D eigenvalue weighted by Gasteiger charge is 2.23. The summed E-state index contributed by atoms with van der Waals surface area (Å²) in [5, 5.41) is 12.4. The molecule has 0 aromatic heterocycles. The molecule has 1 aromatic carbocycles. The second-order valence-corrected chi connectivity index (χ2v) is 7.36. The predicted molar refractivity (Wildman–Crippen MR) is 99.9 cm³/mol. The first-order valence-electron chi connectivity index (χ1n) is 9.56. The number of ether oxygens (including phenoxy) is 1. The lowest BCUT2D eigenvalue weighted by molar-refractivity contribution is -0.116. The van der Waals surface area contributed by atoms with Crippen LogP contribution in [0, 0.1) is 5.92 Å². The Bertz CT molecular complexity index is 570. The van der Waals surface area contributed by atoms with E-state index in [0.29, 0.717) is 18.4 Å². The number of aliphatic hydroxyl groups excluding tert-OH is 1. The van der Waals surface area contributed by atoms with Crippen molar-refractivity contribution in [2.45, 2.75) is 57.7 Å². The summed E-state index contributed by atoms with van der Waals surface area (Å²) in [4.78, 5) is 14.7. The molecular weight excluding hydrogens is 316 g/mol. The van der Waals surface area contributed by atoms with Gasteiger partial charge in [-0.2, -0.15) is 0 Å². The van der Waals surface area contributed by atoms with Crippen molar-refractivity contribution in [3.05, 3.63) is 24.3 Å². The first-order chi connectivity index (χ1) is 12.2. The van der Waals surface area contributed by atoms with Crippen molar-refractivity contribution in [2.75, 3.05) is 29.9 Å². The molecule has 138 valence electrons. The van der Waals surface area contributed by atoms with Crippen LogP contribution >= 0.6 is 0 Å². The topological polar surface area (TPSA) is 61.8 Å². The predicted octanol–water partition coefficient (Wildman–Crippen LogP) is 3.18. The molecule has 2 aliphatic rings. The molecule has 2 saturated heterocycles. The third-order valence-electron chi connectivity index (χ3n) is 5.40. The number of carbonyl (C=O) groups is 1. The average Bonchev–Trinajstić information content (AvgIpc) is 3.06. The Labute approximate surface area is 150 Å². The molecule has 2 N–H and O–H groups in total. The van der Waals surface area contributed by atoms with Gasteiger partial charge >= 0.3 is 0 Å². The fourth-order valence-electron chi connectivity index (χ4n) is 3.81. The second kappa shape index (κ2) is 8.68. The summed E-state index contributed by atoms with van der Waals surface area (Å²) in [6.07, 6.45) is 6.00. The number of benzene rings is 1. The number of carbonyl (C=O) groups excluding carboxylic acids is 1. The minimum atomic E-state index is 0.0563. The number of hydrogen-bond donors (Lipinski definition) is 2. The molecule has 2 fully saturated rings. The van der Waals surface area contributed by atoms with E-state index in [1.165, 1.54) is 0 Å². The molecule has 2 atom stereocenters. The number of anilines is 2. The van der Waals surface area contributed by atoms with E-state index in [-0.39, 0.29) is 18.6 Å². The largest absolute Gasteiger partial charge is 0.396 e. The Hall–Kier alpha value is -1.59. The van der Waals surface area contributed by atoms with Crippen LogP contribution in [0.5, 0.6) is 0 Å². The Morgan fingerprint density at radius 1 is 1.24 bits per heavy atom. The Morgan fingerprint density at radius 3 is 2.68 bits per heavy atom. The molecule has 2 heterocycles. The number of amides is 1. The molecule has 0 bridgehead atoms. The smallest absolute Gasteiger partial charge is 0.224 e. The first-order valence-corrected chi connectivity index (χ1v) is 9.56. The Kier molecular flexibility index (Phi) is 6.32. The molecule has 25 heavy (non-hydrogen) atoms. The van der Waals surface area contributed by atoms with Gasteiger partial charge in [0.1, 0.15) is 0 Å².